The Morgan fingerprint density at radius 1 is 0.879 bits per heavy atom. The van der Waals surface area contributed by atoms with Gasteiger partial charge in [0.15, 0.2) is 5.78 Å². The summed E-state index contributed by atoms with van der Waals surface area (Å²) in [6.07, 6.45) is 0.532. The summed E-state index contributed by atoms with van der Waals surface area (Å²) in [6, 6.07) is 23.8. The van der Waals surface area contributed by atoms with Crippen LogP contribution in [0.3, 0.4) is 0 Å². The molecule has 0 radical (unpaired) electrons. The molecule has 1 N–H and O–H groups in total. The van der Waals surface area contributed by atoms with Crippen molar-refractivity contribution >= 4 is 5.78 Å². The van der Waals surface area contributed by atoms with Gasteiger partial charge in [0.1, 0.15) is 5.60 Å². The van der Waals surface area contributed by atoms with Gasteiger partial charge in [-0.1, -0.05) is 114 Å². The Balaban J connectivity index is 2.02. The van der Waals surface area contributed by atoms with Crippen LogP contribution >= 0.6 is 0 Å². The molecular weight excluding hydrogens is 404 g/mol. The van der Waals surface area contributed by atoms with Gasteiger partial charge in [-0.2, -0.15) is 0 Å². The molecule has 2 heteroatoms. The van der Waals surface area contributed by atoms with Gasteiger partial charge in [-0.3, -0.25) is 4.79 Å². The molecule has 2 nitrogen and oxygen atoms in total. The standard InChI is InChI=1S/C31H36O2/c1-20(2)23-17-25(21(3)4)26-19-28(29(32)22-13-9-7-10-14-22)31(33,24-15-11-8-12-16-24)30(5,6)27(26)18-23/h7-18,20-21,28,33H,19H2,1-6H3/t28-,31+/m0/s1. The first-order valence-electron chi connectivity index (χ1n) is 12.1. The third kappa shape index (κ3) is 3.75. The molecule has 0 aliphatic heterocycles. The second-order valence-corrected chi connectivity index (χ2v) is 10.7. The Morgan fingerprint density at radius 3 is 2.00 bits per heavy atom. The molecule has 4 rings (SSSR count). The van der Waals surface area contributed by atoms with E-state index in [0.717, 1.165) is 5.56 Å². The molecule has 0 amide bonds. The van der Waals surface area contributed by atoms with Crippen LogP contribution in [0.1, 0.15) is 91.6 Å². The van der Waals surface area contributed by atoms with Gasteiger partial charge in [0.25, 0.3) is 0 Å². The lowest BCUT2D eigenvalue weighted by Gasteiger charge is -2.53. The van der Waals surface area contributed by atoms with E-state index in [4.69, 9.17) is 0 Å². The fourth-order valence-corrected chi connectivity index (χ4v) is 5.68. The van der Waals surface area contributed by atoms with Crippen LogP contribution in [0.5, 0.6) is 0 Å². The first kappa shape index (κ1) is 23.4. The van der Waals surface area contributed by atoms with Crippen LogP contribution in [-0.2, 0) is 17.4 Å². The smallest absolute Gasteiger partial charge is 0.169 e. The highest BCUT2D eigenvalue weighted by Crippen LogP contribution is 2.55. The SMILES string of the molecule is CC(C)c1cc(C(C)C)c2c(c1)C(C)(C)[C@@](O)(c1ccccc1)[C@H](C(=O)c1ccccc1)C2. The zero-order valence-corrected chi connectivity index (χ0v) is 20.7. The van der Waals surface area contributed by atoms with Crippen molar-refractivity contribution in [2.24, 2.45) is 5.92 Å². The fraction of sp³-hybridized carbons (Fsp3) is 0.387. The van der Waals surface area contributed by atoms with E-state index in [1.54, 1.807) is 0 Å². The quantitative estimate of drug-likeness (QED) is 0.428. The van der Waals surface area contributed by atoms with Gasteiger partial charge in [-0.15, -0.1) is 0 Å². The van der Waals surface area contributed by atoms with Crippen LogP contribution in [-0.4, -0.2) is 10.9 Å². The highest BCUT2D eigenvalue weighted by molar-refractivity contribution is 5.99. The topological polar surface area (TPSA) is 37.3 Å². The average molecular weight is 441 g/mol. The first-order valence-corrected chi connectivity index (χ1v) is 12.1. The van der Waals surface area contributed by atoms with Crippen molar-refractivity contribution < 1.29 is 9.90 Å². The van der Waals surface area contributed by atoms with Gasteiger partial charge >= 0.3 is 0 Å². The number of ketones is 1. The summed E-state index contributed by atoms with van der Waals surface area (Å²) in [5, 5.41) is 12.6. The maximum atomic E-state index is 14.0. The van der Waals surface area contributed by atoms with Gasteiger partial charge < -0.3 is 5.11 Å². The predicted octanol–water partition coefficient (Wildman–Crippen LogP) is 7.15. The van der Waals surface area contributed by atoms with E-state index in [0.29, 0.717) is 23.8 Å². The van der Waals surface area contributed by atoms with Gasteiger partial charge in [0, 0.05) is 11.0 Å². The normalized spacial score (nSPS) is 21.8. The largest absolute Gasteiger partial charge is 0.383 e. The zero-order valence-electron chi connectivity index (χ0n) is 20.7. The minimum Gasteiger partial charge on any atom is -0.383 e. The molecule has 0 saturated carbocycles. The zero-order chi connectivity index (χ0) is 24.0. The third-order valence-corrected chi connectivity index (χ3v) is 7.72. The maximum Gasteiger partial charge on any atom is 0.169 e. The van der Waals surface area contributed by atoms with Crippen LogP contribution in [0.15, 0.2) is 72.8 Å². The van der Waals surface area contributed by atoms with Crippen molar-refractivity contribution in [1.29, 1.82) is 0 Å². The van der Waals surface area contributed by atoms with E-state index < -0.39 is 16.9 Å². The van der Waals surface area contributed by atoms with Crippen molar-refractivity contribution in [3.63, 3.8) is 0 Å². The number of carbonyl (C=O) groups excluding carboxylic acids is 1. The summed E-state index contributed by atoms with van der Waals surface area (Å²) < 4.78 is 0. The van der Waals surface area contributed by atoms with Gasteiger partial charge in [-0.05, 0) is 46.1 Å². The monoisotopic (exact) mass is 440 g/mol. The molecule has 0 bridgehead atoms. The van der Waals surface area contributed by atoms with Crippen LogP contribution in [0.4, 0.5) is 0 Å². The van der Waals surface area contributed by atoms with Gasteiger partial charge in [-0.25, -0.2) is 0 Å². The van der Waals surface area contributed by atoms with Gasteiger partial charge in [0.05, 0.1) is 5.92 Å². The van der Waals surface area contributed by atoms with E-state index in [9.17, 15) is 9.90 Å². The van der Waals surface area contributed by atoms with Crippen molar-refractivity contribution in [2.75, 3.05) is 0 Å². The molecule has 0 aromatic heterocycles. The van der Waals surface area contributed by atoms with Crippen LogP contribution in [0.25, 0.3) is 0 Å². The molecule has 1 aliphatic rings. The molecule has 0 spiro atoms. The summed E-state index contributed by atoms with van der Waals surface area (Å²) in [6.45, 7) is 13.1. The van der Waals surface area contributed by atoms with Crippen LogP contribution in [0.2, 0.25) is 0 Å². The van der Waals surface area contributed by atoms with E-state index in [1.165, 1.54) is 22.3 Å². The summed E-state index contributed by atoms with van der Waals surface area (Å²) in [5.74, 6) is 0.149. The Hall–Kier alpha value is -2.71. The second-order valence-electron chi connectivity index (χ2n) is 10.7. The number of benzene rings is 3. The Morgan fingerprint density at radius 2 is 1.45 bits per heavy atom. The Bertz CT molecular complexity index is 1140. The number of rotatable bonds is 5. The number of aliphatic hydroxyl groups is 1. The van der Waals surface area contributed by atoms with Crippen molar-refractivity contribution in [3.05, 3.63) is 106 Å². The minimum atomic E-state index is -1.34. The lowest BCUT2D eigenvalue weighted by Crippen LogP contribution is -2.57. The molecule has 3 aromatic carbocycles. The van der Waals surface area contributed by atoms with E-state index in [-0.39, 0.29) is 5.78 Å². The molecule has 0 heterocycles. The summed E-state index contributed by atoms with van der Waals surface area (Å²) in [7, 11) is 0. The van der Waals surface area contributed by atoms with Gasteiger partial charge in [0.2, 0.25) is 0 Å². The fourth-order valence-electron chi connectivity index (χ4n) is 5.68. The minimum absolute atomic E-state index is 0.00307. The van der Waals surface area contributed by atoms with E-state index in [2.05, 4.69) is 53.7 Å². The summed E-state index contributed by atoms with van der Waals surface area (Å²) >= 11 is 0. The maximum absolute atomic E-state index is 14.0. The molecule has 3 aromatic rings. The second kappa shape index (κ2) is 8.57. The molecule has 2 atom stereocenters. The lowest BCUT2D eigenvalue weighted by molar-refractivity contribution is -0.0794. The Kier molecular flexibility index (Phi) is 6.09. The summed E-state index contributed by atoms with van der Waals surface area (Å²) in [5.41, 5.74) is 4.44. The van der Waals surface area contributed by atoms with Crippen molar-refractivity contribution in [3.8, 4) is 0 Å². The molecule has 172 valence electrons. The highest BCUT2D eigenvalue weighted by atomic mass is 16.3. The lowest BCUT2D eigenvalue weighted by atomic mass is 9.53. The first-order chi connectivity index (χ1) is 15.6. The molecule has 0 fully saturated rings. The Labute approximate surface area is 198 Å². The molecule has 33 heavy (non-hydrogen) atoms. The van der Waals surface area contributed by atoms with Crippen molar-refractivity contribution in [1.82, 2.24) is 0 Å². The van der Waals surface area contributed by atoms with E-state index in [1.807, 2.05) is 60.7 Å². The van der Waals surface area contributed by atoms with Crippen LogP contribution < -0.4 is 0 Å². The number of fused-ring (bicyclic) bond motifs is 1. The molecule has 0 unspecified atom stereocenters. The molecule has 1 aliphatic carbocycles. The third-order valence-electron chi connectivity index (χ3n) is 7.72. The number of hydrogen-bond donors (Lipinski definition) is 1. The number of Topliss-reactive ketones (excluding diaryl/α,β-unsaturated/α-hetero) is 1. The molecular formula is C31H36O2. The number of carbonyl (C=O) groups is 1. The summed E-state index contributed by atoms with van der Waals surface area (Å²) in [4.78, 5) is 14.0. The van der Waals surface area contributed by atoms with Crippen molar-refractivity contribution in [2.45, 2.75) is 70.8 Å². The predicted molar refractivity (Wildman–Crippen MR) is 136 cm³/mol. The molecule has 0 saturated heterocycles. The van der Waals surface area contributed by atoms with E-state index >= 15 is 0 Å². The highest BCUT2D eigenvalue weighted by Gasteiger charge is 2.57. The number of hydrogen-bond acceptors (Lipinski definition) is 2. The van der Waals surface area contributed by atoms with Crippen LogP contribution in [0, 0.1) is 5.92 Å². The average Bonchev–Trinajstić information content (AvgIpc) is 2.81.